The van der Waals surface area contributed by atoms with Gasteiger partial charge in [0.25, 0.3) is 0 Å². The van der Waals surface area contributed by atoms with Crippen molar-refractivity contribution in [2.75, 3.05) is 0 Å². The summed E-state index contributed by atoms with van der Waals surface area (Å²) in [6, 6.07) is 16.9. The Hall–Kier alpha value is -3.46. The van der Waals surface area contributed by atoms with Gasteiger partial charge in [0.15, 0.2) is 0 Å². The predicted molar refractivity (Wildman–Crippen MR) is 109 cm³/mol. The first kappa shape index (κ1) is 16.0. The normalized spacial score (nSPS) is 12.3. The number of nitrogens with zero attached hydrogens (tertiary/aromatic N) is 3. The largest absolute Gasteiger partial charge is 0.294 e. The molecule has 3 heteroatoms. The van der Waals surface area contributed by atoms with E-state index in [2.05, 4.69) is 69.7 Å². The van der Waals surface area contributed by atoms with Gasteiger partial charge in [0.2, 0.25) is 0 Å². The van der Waals surface area contributed by atoms with Gasteiger partial charge < -0.3 is 0 Å². The van der Waals surface area contributed by atoms with Gasteiger partial charge in [0.05, 0.1) is 5.52 Å². The monoisotopic (exact) mass is 337 g/mol. The molecule has 0 N–H and O–H groups in total. The Labute approximate surface area is 152 Å². The van der Waals surface area contributed by atoms with Gasteiger partial charge in [-0.3, -0.25) is 4.57 Å². The third-order valence-electron chi connectivity index (χ3n) is 4.44. The van der Waals surface area contributed by atoms with Crippen molar-refractivity contribution in [3.63, 3.8) is 0 Å². The zero-order valence-electron chi connectivity index (χ0n) is 14.6. The second kappa shape index (κ2) is 6.81. The first-order valence-electron chi connectivity index (χ1n) is 8.59. The number of hydrogen-bond acceptors (Lipinski definition) is 2. The average molecular weight is 337 g/mol. The molecule has 4 rings (SSSR count). The molecule has 0 aliphatic carbocycles. The van der Waals surface area contributed by atoms with Gasteiger partial charge in [-0.15, -0.1) is 0 Å². The molecule has 0 atom stereocenters. The molecule has 26 heavy (non-hydrogen) atoms. The number of benzene rings is 2. The molecule has 4 aromatic rings. The first-order chi connectivity index (χ1) is 12.8. The summed E-state index contributed by atoms with van der Waals surface area (Å²) in [6.07, 6.45) is 11.4. The van der Waals surface area contributed by atoms with E-state index in [1.807, 2.05) is 37.4 Å². The summed E-state index contributed by atoms with van der Waals surface area (Å²) in [5.74, 6) is 0. The number of para-hydroxylation sites is 1. The Morgan fingerprint density at radius 2 is 1.85 bits per heavy atom. The third-order valence-corrected chi connectivity index (χ3v) is 4.44. The molecular weight excluding hydrogens is 318 g/mol. The van der Waals surface area contributed by atoms with Gasteiger partial charge >= 0.3 is 0 Å². The first-order valence-corrected chi connectivity index (χ1v) is 8.59. The SMILES string of the molecule is C=C/C=C(\C=C/C)c1ccc(-n2c3ccccc3c3cncnc32)cc1. The highest BCUT2D eigenvalue weighted by molar-refractivity contribution is 6.07. The minimum atomic E-state index is 0.921. The quantitative estimate of drug-likeness (QED) is 0.446. The molecule has 2 aromatic carbocycles. The van der Waals surface area contributed by atoms with Crippen molar-refractivity contribution in [1.82, 2.24) is 14.5 Å². The van der Waals surface area contributed by atoms with Gasteiger partial charge in [0, 0.05) is 22.7 Å². The maximum absolute atomic E-state index is 4.53. The Kier molecular flexibility index (Phi) is 4.20. The van der Waals surface area contributed by atoms with Crippen molar-refractivity contribution in [3.05, 3.63) is 97.5 Å². The lowest BCUT2D eigenvalue weighted by molar-refractivity contribution is 1.11. The summed E-state index contributed by atoms with van der Waals surface area (Å²) in [5.41, 5.74) is 5.42. The van der Waals surface area contributed by atoms with Gasteiger partial charge in [-0.2, -0.15) is 0 Å². The summed E-state index contributed by atoms with van der Waals surface area (Å²) in [4.78, 5) is 8.73. The highest BCUT2D eigenvalue weighted by Crippen LogP contribution is 2.30. The van der Waals surface area contributed by atoms with E-state index in [1.54, 1.807) is 6.33 Å². The van der Waals surface area contributed by atoms with Crippen LogP contribution in [-0.4, -0.2) is 14.5 Å². The van der Waals surface area contributed by atoms with Crippen molar-refractivity contribution in [2.45, 2.75) is 6.92 Å². The van der Waals surface area contributed by atoms with Crippen molar-refractivity contribution in [3.8, 4) is 5.69 Å². The molecule has 2 heterocycles. The van der Waals surface area contributed by atoms with Crippen LogP contribution in [0.3, 0.4) is 0 Å². The summed E-state index contributed by atoms with van der Waals surface area (Å²) < 4.78 is 2.18. The lowest BCUT2D eigenvalue weighted by atomic mass is 10.0. The smallest absolute Gasteiger partial charge is 0.148 e. The second-order valence-electron chi connectivity index (χ2n) is 6.02. The van der Waals surface area contributed by atoms with Crippen LogP contribution in [0, 0.1) is 0 Å². The van der Waals surface area contributed by atoms with Crippen LogP contribution < -0.4 is 0 Å². The maximum Gasteiger partial charge on any atom is 0.148 e. The van der Waals surface area contributed by atoms with Crippen molar-refractivity contribution in [2.24, 2.45) is 0 Å². The van der Waals surface area contributed by atoms with Crippen LogP contribution in [0.2, 0.25) is 0 Å². The number of aromatic nitrogens is 3. The van der Waals surface area contributed by atoms with Crippen molar-refractivity contribution < 1.29 is 0 Å². The standard InChI is InChI=1S/C23H19N3/c1-3-7-17(8-4-2)18-11-13-19(14-12-18)26-22-10-6-5-9-20(22)21-15-24-16-25-23(21)26/h3-16H,1H2,2H3/b8-4-,17-7+. The van der Waals surface area contributed by atoms with Gasteiger partial charge in [0.1, 0.15) is 12.0 Å². The fourth-order valence-corrected chi connectivity index (χ4v) is 3.32. The van der Waals surface area contributed by atoms with Crippen LogP contribution in [0.1, 0.15) is 12.5 Å². The minimum Gasteiger partial charge on any atom is -0.294 e. The fraction of sp³-hybridized carbons (Fsp3) is 0.0435. The van der Waals surface area contributed by atoms with E-state index in [1.165, 1.54) is 0 Å². The van der Waals surface area contributed by atoms with Crippen LogP contribution in [0.5, 0.6) is 0 Å². The lowest BCUT2D eigenvalue weighted by Crippen LogP contribution is -1.95. The molecule has 2 aromatic heterocycles. The van der Waals surface area contributed by atoms with E-state index in [0.717, 1.165) is 38.8 Å². The van der Waals surface area contributed by atoms with E-state index < -0.39 is 0 Å². The van der Waals surface area contributed by atoms with Crippen molar-refractivity contribution >= 4 is 27.5 Å². The van der Waals surface area contributed by atoms with Crippen LogP contribution in [-0.2, 0) is 0 Å². The van der Waals surface area contributed by atoms with E-state index in [0.29, 0.717) is 0 Å². The topological polar surface area (TPSA) is 30.7 Å². The second-order valence-corrected chi connectivity index (χ2v) is 6.02. The molecule has 0 fully saturated rings. The van der Waals surface area contributed by atoms with Gasteiger partial charge in [-0.05, 0) is 36.3 Å². The summed E-state index contributed by atoms with van der Waals surface area (Å²) in [6.45, 7) is 5.82. The summed E-state index contributed by atoms with van der Waals surface area (Å²) >= 11 is 0. The van der Waals surface area contributed by atoms with E-state index in [-0.39, 0.29) is 0 Å². The highest BCUT2D eigenvalue weighted by Gasteiger charge is 2.12. The number of allylic oxidation sites excluding steroid dienone is 5. The maximum atomic E-state index is 4.53. The Bertz CT molecular complexity index is 1090. The van der Waals surface area contributed by atoms with Gasteiger partial charge in [-0.25, -0.2) is 9.97 Å². The van der Waals surface area contributed by atoms with Crippen LogP contribution in [0.4, 0.5) is 0 Å². The Morgan fingerprint density at radius 1 is 1.04 bits per heavy atom. The molecule has 0 spiro atoms. The molecule has 0 saturated heterocycles. The van der Waals surface area contributed by atoms with E-state index >= 15 is 0 Å². The van der Waals surface area contributed by atoms with Crippen molar-refractivity contribution in [1.29, 1.82) is 0 Å². The zero-order valence-corrected chi connectivity index (χ0v) is 14.6. The molecule has 0 bridgehead atoms. The predicted octanol–water partition coefficient (Wildman–Crippen LogP) is 5.72. The number of hydrogen-bond donors (Lipinski definition) is 0. The van der Waals surface area contributed by atoms with Crippen LogP contribution >= 0.6 is 0 Å². The molecule has 0 saturated carbocycles. The molecule has 126 valence electrons. The zero-order chi connectivity index (χ0) is 17.9. The van der Waals surface area contributed by atoms with Gasteiger partial charge in [-0.1, -0.05) is 61.2 Å². The highest BCUT2D eigenvalue weighted by atomic mass is 15.1. The minimum absolute atomic E-state index is 0.921. The Morgan fingerprint density at radius 3 is 2.62 bits per heavy atom. The molecule has 3 nitrogen and oxygen atoms in total. The van der Waals surface area contributed by atoms with Crippen LogP contribution in [0.15, 0.2) is 91.9 Å². The molecule has 0 unspecified atom stereocenters. The third kappa shape index (κ3) is 2.64. The number of rotatable bonds is 4. The van der Waals surface area contributed by atoms with E-state index in [9.17, 15) is 0 Å². The molecule has 0 aliphatic heterocycles. The lowest BCUT2D eigenvalue weighted by Gasteiger charge is -2.09. The number of fused-ring (bicyclic) bond motifs is 3. The molecule has 0 amide bonds. The fourth-order valence-electron chi connectivity index (χ4n) is 3.32. The molecular formula is C23H19N3. The average Bonchev–Trinajstić information content (AvgIpc) is 3.03. The summed E-state index contributed by atoms with van der Waals surface area (Å²) in [5, 5.41) is 2.22. The van der Waals surface area contributed by atoms with Crippen LogP contribution in [0.25, 0.3) is 33.2 Å². The summed E-state index contributed by atoms with van der Waals surface area (Å²) in [7, 11) is 0. The molecule has 0 aliphatic rings. The van der Waals surface area contributed by atoms with E-state index in [4.69, 9.17) is 0 Å². The Balaban J connectivity index is 1.90. The molecule has 0 radical (unpaired) electrons.